The van der Waals surface area contributed by atoms with Crippen molar-refractivity contribution in [1.82, 2.24) is 0 Å². The van der Waals surface area contributed by atoms with E-state index in [1.807, 2.05) is 0 Å². The molecule has 0 aromatic heterocycles. The van der Waals surface area contributed by atoms with Gasteiger partial charge in [0, 0.05) is 4.91 Å². The maximum absolute atomic E-state index is 10.8. The van der Waals surface area contributed by atoms with Gasteiger partial charge in [-0.2, -0.15) is 0 Å². The second kappa shape index (κ2) is 2.85. The van der Waals surface area contributed by atoms with E-state index in [0.29, 0.717) is 0 Å². The van der Waals surface area contributed by atoms with Crippen LogP contribution in [0.3, 0.4) is 0 Å². The lowest BCUT2D eigenvalue weighted by molar-refractivity contribution is -0.114. The molecule has 0 aliphatic heterocycles. The molecule has 0 amide bonds. The number of nitrogens with zero attached hydrogens (tertiary/aromatic N) is 3. The summed E-state index contributed by atoms with van der Waals surface area (Å²) < 4.78 is 0. The third-order valence-electron chi connectivity index (χ3n) is 1.13. The SMILES string of the molecule is [N-]=[N+]=NC1C=CC=CC1=O. The van der Waals surface area contributed by atoms with Gasteiger partial charge in [-0.3, -0.25) is 4.79 Å². The van der Waals surface area contributed by atoms with Crippen LogP contribution in [-0.4, -0.2) is 11.8 Å². The minimum Gasteiger partial charge on any atom is -0.294 e. The van der Waals surface area contributed by atoms with E-state index in [4.69, 9.17) is 5.53 Å². The van der Waals surface area contributed by atoms with Crippen molar-refractivity contribution in [2.24, 2.45) is 5.11 Å². The molecule has 1 aliphatic rings. The quantitative estimate of drug-likeness (QED) is 0.304. The molecule has 0 saturated heterocycles. The van der Waals surface area contributed by atoms with Crippen LogP contribution in [0, 0.1) is 0 Å². The van der Waals surface area contributed by atoms with E-state index >= 15 is 0 Å². The van der Waals surface area contributed by atoms with Crippen LogP contribution in [0.4, 0.5) is 0 Å². The van der Waals surface area contributed by atoms with Gasteiger partial charge in [-0.1, -0.05) is 23.3 Å². The Morgan fingerprint density at radius 2 is 2.40 bits per heavy atom. The van der Waals surface area contributed by atoms with Crippen molar-refractivity contribution < 1.29 is 4.79 Å². The zero-order chi connectivity index (χ0) is 7.40. The molecule has 4 heteroatoms. The van der Waals surface area contributed by atoms with E-state index in [1.165, 1.54) is 6.08 Å². The normalized spacial score (nSPS) is 22.4. The lowest BCUT2D eigenvalue weighted by atomic mass is 10.1. The van der Waals surface area contributed by atoms with Crippen molar-refractivity contribution in [3.05, 3.63) is 34.7 Å². The minimum absolute atomic E-state index is 0.166. The average Bonchev–Trinajstić information content (AvgIpc) is 1.94. The highest BCUT2D eigenvalue weighted by Crippen LogP contribution is 2.02. The highest BCUT2D eigenvalue weighted by molar-refractivity contribution is 5.97. The summed E-state index contributed by atoms with van der Waals surface area (Å²) in [6.07, 6.45) is 6.24. The number of hydrogen-bond acceptors (Lipinski definition) is 2. The summed E-state index contributed by atoms with van der Waals surface area (Å²) in [6, 6.07) is -0.630. The van der Waals surface area contributed by atoms with Crippen LogP contribution >= 0.6 is 0 Å². The van der Waals surface area contributed by atoms with Crippen molar-refractivity contribution in [2.45, 2.75) is 6.04 Å². The lowest BCUT2D eigenvalue weighted by Gasteiger charge is -2.01. The first-order chi connectivity index (χ1) is 4.84. The first-order valence-electron chi connectivity index (χ1n) is 2.77. The Bertz CT molecular complexity index is 248. The largest absolute Gasteiger partial charge is 0.294 e. The Morgan fingerprint density at radius 1 is 1.60 bits per heavy atom. The zero-order valence-corrected chi connectivity index (χ0v) is 5.14. The molecule has 0 aromatic rings. The first kappa shape index (κ1) is 6.58. The molecule has 1 unspecified atom stereocenters. The molecule has 1 aliphatic carbocycles. The zero-order valence-electron chi connectivity index (χ0n) is 5.14. The van der Waals surface area contributed by atoms with Crippen molar-refractivity contribution >= 4 is 5.78 Å². The van der Waals surface area contributed by atoms with Gasteiger partial charge in [0.2, 0.25) is 0 Å². The molecule has 0 bridgehead atoms. The summed E-state index contributed by atoms with van der Waals surface area (Å²) in [5.74, 6) is -0.166. The van der Waals surface area contributed by atoms with Gasteiger partial charge in [-0.05, 0) is 11.6 Å². The van der Waals surface area contributed by atoms with E-state index in [9.17, 15) is 4.79 Å². The van der Waals surface area contributed by atoms with Gasteiger partial charge in [0.05, 0.1) is 0 Å². The lowest BCUT2D eigenvalue weighted by Crippen LogP contribution is -2.13. The van der Waals surface area contributed by atoms with E-state index in [1.54, 1.807) is 18.2 Å². The van der Waals surface area contributed by atoms with Crippen molar-refractivity contribution in [3.8, 4) is 0 Å². The van der Waals surface area contributed by atoms with Crippen LogP contribution in [0.25, 0.3) is 10.4 Å². The maximum atomic E-state index is 10.8. The molecule has 10 heavy (non-hydrogen) atoms. The Balaban J connectivity index is 2.79. The van der Waals surface area contributed by atoms with Crippen LogP contribution in [0.5, 0.6) is 0 Å². The molecule has 0 radical (unpaired) electrons. The standard InChI is InChI=1S/C6H5N3O/c7-9-8-5-3-1-2-4-6(5)10/h1-5H. The third kappa shape index (κ3) is 1.24. The number of carbonyl (C=O) groups is 1. The van der Waals surface area contributed by atoms with Crippen LogP contribution in [0.2, 0.25) is 0 Å². The topological polar surface area (TPSA) is 65.8 Å². The van der Waals surface area contributed by atoms with Gasteiger partial charge in [0.1, 0.15) is 6.04 Å². The Kier molecular flexibility index (Phi) is 1.87. The van der Waals surface area contributed by atoms with Crippen LogP contribution in [-0.2, 0) is 4.79 Å². The predicted octanol–water partition coefficient (Wildman–Crippen LogP) is 1.36. The molecule has 50 valence electrons. The summed E-state index contributed by atoms with van der Waals surface area (Å²) in [4.78, 5) is 13.3. The Morgan fingerprint density at radius 3 is 3.00 bits per heavy atom. The molecular weight excluding hydrogens is 130 g/mol. The van der Waals surface area contributed by atoms with Gasteiger partial charge in [-0.25, -0.2) is 0 Å². The number of allylic oxidation sites excluding steroid dienone is 2. The summed E-state index contributed by atoms with van der Waals surface area (Å²) in [7, 11) is 0. The fourth-order valence-corrected chi connectivity index (χ4v) is 0.664. The van der Waals surface area contributed by atoms with E-state index in [-0.39, 0.29) is 5.78 Å². The number of carbonyl (C=O) groups excluding carboxylic acids is 1. The monoisotopic (exact) mass is 135 g/mol. The molecule has 1 rings (SSSR count). The number of ketones is 1. The number of hydrogen-bond donors (Lipinski definition) is 0. The van der Waals surface area contributed by atoms with E-state index < -0.39 is 6.04 Å². The smallest absolute Gasteiger partial charge is 0.168 e. The first-order valence-corrected chi connectivity index (χ1v) is 2.77. The summed E-state index contributed by atoms with van der Waals surface area (Å²) in [5, 5.41) is 3.26. The van der Waals surface area contributed by atoms with E-state index in [2.05, 4.69) is 10.0 Å². The predicted molar refractivity (Wildman–Crippen MR) is 36.2 cm³/mol. The minimum atomic E-state index is -0.630. The van der Waals surface area contributed by atoms with Crippen LogP contribution < -0.4 is 0 Å². The van der Waals surface area contributed by atoms with Gasteiger partial charge >= 0.3 is 0 Å². The number of azide groups is 1. The van der Waals surface area contributed by atoms with E-state index in [0.717, 1.165) is 0 Å². The number of rotatable bonds is 1. The van der Waals surface area contributed by atoms with Crippen molar-refractivity contribution in [2.75, 3.05) is 0 Å². The second-order valence-electron chi connectivity index (χ2n) is 1.80. The molecule has 0 aromatic carbocycles. The molecule has 1 atom stereocenters. The second-order valence-corrected chi connectivity index (χ2v) is 1.80. The molecule has 4 nitrogen and oxygen atoms in total. The van der Waals surface area contributed by atoms with Crippen molar-refractivity contribution in [1.29, 1.82) is 0 Å². The highest BCUT2D eigenvalue weighted by atomic mass is 16.1. The fourth-order valence-electron chi connectivity index (χ4n) is 0.664. The summed E-state index contributed by atoms with van der Waals surface area (Å²) >= 11 is 0. The highest BCUT2D eigenvalue weighted by Gasteiger charge is 2.10. The van der Waals surface area contributed by atoms with Gasteiger partial charge in [-0.15, -0.1) is 0 Å². The molecule has 0 saturated carbocycles. The van der Waals surface area contributed by atoms with Crippen LogP contribution in [0.15, 0.2) is 29.4 Å². The third-order valence-corrected chi connectivity index (χ3v) is 1.13. The average molecular weight is 135 g/mol. The molecule has 0 fully saturated rings. The summed E-state index contributed by atoms with van der Waals surface area (Å²) in [6.45, 7) is 0. The van der Waals surface area contributed by atoms with Crippen molar-refractivity contribution in [3.63, 3.8) is 0 Å². The van der Waals surface area contributed by atoms with Gasteiger partial charge in [0.25, 0.3) is 0 Å². The Hall–Kier alpha value is -1.54. The molecule has 0 heterocycles. The van der Waals surface area contributed by atoms with Gasteiger partial charge in [0.15, 0.2) is 5.78 Å². The van der Waals surface area contributed by atoms with Crippen LogP contribution in [0.1, 0.15) is 0 Å². The molecule has 0 spiro atoms. The molecular formula is C6H5N3O. The molecule has 0 N–H and O–H groups in total. The fraction of sp³-hybridized carbons (Fsp3) is 0.167. The Labute approximate surface area is 57.5 Å². The van der Waals surface area contributed by atoms with Gasteiger partial charge < -0.3 is 0 Å². The summed E-state index contributed by atoms with van der Waals surface area (Å²) in [5.41, 5.74) is 7.98. The maximum Gasteiger partial charge on any atom is 0.168 e.